The first-order valence-electron chi connectivity index (χ1n) is 35.0. The van der Waals surface area contributed by atoms with E-state index in [9.17, 15) is 4.79 Å². The molecule has 17 rings (SSSR count). The zero-order valence-corrected chi connectivity index (χ0v) is 61.5. The number of hydrogen-bond donors (Lipinski definition) is 0. The number of halogens is 1. The Bertz CT molecular complexity index is 5430. The van der Waals surface area contributed by atoms with Gasteiger partial charge in [0.25, 0.3) is 0 Å². The molecule has 2 heterocycles. The van der Waals surface area contributed by atoms with E-state index < -0.39 is 7.12 Å². The van der Waals surface area contributed by atoms with Crippen LogP contribution in [0.3, 0.4) is 0 Å². The quantitative estimate of drug-likeness (QED) is 0.0943. The van der Waals surface area contributed by atoms with E-state index in [1.807, 2.05) is 24.3 Å². The number of carbonyl (C=O) groups is 1. The van der Waals surface area contributed by atoms with Gasteiger partial charge >= 0.3 is 14.2 Å². The summed E-state index contributed by atoms with van der Waals surface area (Å²) >= 11 is 3.73. The van der Waals surface area contributed by atoms with Crippen LogP contribution in [0, 0.1) is 13.8 Å². The molecule has 0 unspecified atom stereocenters. The van der Waals surface area contributed by atoms with Crippen LogP contribution in [0.25, 0.3) is 109 Å². The Morgan fingerprint density at radius 2 is 0.626 bits per heavy atom. The number of fused-ring (bicyclic) bond motifs is 6. The molecule has 0 spiro atoms. The van der Waals surface area contributed by atoms with Gasteiger partial charge in [0, 0.05) is 26.8 Å². The molecule has 2 aliphatic carbocycles. The molecule has 2 aliphatic heterocycles. The average molecular weight is 1360 g/mol. The van der Waals surface area contributed by atoms with Gasteiger partial charge in [-0.05, 0) is 228 Å². The molecule has 0 saturated carbocycles. The Hall–Kier alpha value is -8.72. The Labute approximate surface area is 593 Å². The summed E-state index contributed by atoms with van der Waals surface area (Å²) in [5, 5.41) is 15.1. The maximum atomic E-state index is 14.1. The van der Waals surface area contributed by atoms with Crippen LogP contribution < -0.4 is 10.9 Å². The Morgan fingerprint density at radius 3 is 1.14 bits per heavy atom. The third-order valence-corrected chi connectivity index (χ3v) is 23.0. The lowest BCUT2D eigenvalue weighted by Crippen LogP contribution is -2.41. The van der Waals surface area contributed by atoms with Crippen molar-refractivity contribution in [3.8, 4) is 22.3 Å². The van der Waals surface area contributed by atoms with Crippen molar-refractivity contribution in [3.05, 3.63) is 273 Å². The first-order chi connectivity index (χ1) is 47.1. The van der Waals surface area contributed by atoms with Crippen LogP contribution in [0.5, 0.6) is 0 Å². The van der Waals surface area contributed by atoms with Gasteiger partial charge < -0.3 is 18.6 Å². The van der Waals surface area contributed by atoms with E-state index in [-0.39, 0.29) is 46.1 Å². The number of hydrogen-bond acceptors (Lipinski definition) is 5. The molecule has 492 valence electrons. The summed E-state index contributed by atoms with van der Waals surface area (Å²) in [6.45, 7) is 34.7. The molecule has 0 aromatic heterocycles. The molecule has 99 heavy (non-hydrogen) atoms. The topological polar surface area (TPSA) is 54.0 Å². The molecule has 0 amide bonds. The van der Waals surface area contributed by atoms with Crippen LogP contribution in [0.4, 0.5) is 0 Å². The number of rotatable bonds is 6. The maximum absolute atomic E-state index is 14.1. The highest BCUT2D eigenvalue weighted by Crippen LogP contribution is 2.58. The second kappa shape index (κ2) is 24.0. The summed E-state index contributed by atoms with van der Waals surface area (Å²) in [5.41, 5.74) is 19.1. The van der Waals surface area contributed by atoms with E-state index in [2.05, 4.69) is 327 Å². The molecule has 4 aliphatic rings. The summed E-state index contributed by atoms with van der Waals surface area (Å²) in [7, 11) is -0.760. The molecule has 2 fully saturated rings. The molecule has 13 aromatic rings. The fourth-order valence-corrected chi connectivity index (χ4v) is 16.2. The molecule has 13 aromatic carbocycles. The number of carbonyl (C=O) groups excluding carboxylic acids is 1. The lowest BCUT2D eigenvalue weighted by atomic mass is 9.74. The van der Waals surface area contributed by atoms with Crippen LogP contribution in [0.2, 0.25) is 0 Å². The van der Waals surface area contributed by atoms with E-state index in [0.29, 0.717) is 0 Å². The minimum absolute atomic E-state index is 0.0539. The van der Waals surface area contributed by atoms with Crippen LogP contribution in [-0.4, -0.2) is 42.4 Å². The fraction of sp³-hybridized carbons (Fsp3) is 0.242. The largest absolute Gasteiger partial charge is 0.495 e. The molecule has 8 heteroatoms. The lowest BCUT2D eigenvalue weighted by Gasteiger charge is -2.32. The smallest absolute Gasteiger partial charge is 0.399 e. The van der Waals surface area contributed by atoms with Crippen molar-refractivity contribution in [2.24, 2.45) is 0 Å². The minimum Gasteiger partial charge on any atom is -0.399 e. The van der Waals surface area contributed by atoms with Gasteiger partial charge in [0.05, 0.1) is 22.4 Å². The Kier molecular flexibility index (Phi) is 16.0. The number of allylic oxidation sites excluding steroid dienone is 4. The number of Topliss-reactive ketones (excluding diaryl/α,β-unsaturated/α-hetero) is 1. The third-order valence-electron chi connectivity index (χ3n) is 22.3. The van der Waals surface area contributed by atoms with Crippen molar-refractivity contribution >= 4 is 134 Å². The summed E-state index contributed by atoms with van der Waals surface area (Å²) < 4.78 is 26.8. The second-order valence-corrected chi connectivity index (χ2v) is 32.5. The molecule has 0 radical (unpaired) electrons. The van der Waals surface area contributed by atoms with Crippen molar-refractivity contribution in [2.75, 3.05) is 0 Å². The van der Waals surface area contributed by atoms with Crippen molar-refractivity contribution in [2.45, 2.75) is 144 Å². The van der Waals surface area contributed by atoms with E-state index in [4.69, 9.17) is 18.6 Å². The minimum atomic E-state index is -0.396. The second-order valence-electron chi connectivity index (χ2n) is 31.6. The molecular formula is C91H85B2BrO5. The predicted molar refractivity (Wildman–Crippen MR) is 424 cm³/mol. The first-order valence-corrected chi connectivity index (χ1v) is 35.8. The fourth-order valence-electron chi connectivity index (χ4n) is 15.8. The van der Waals surface area contributed by atoms with Gasteiger partial charge in [-0.3, -0.25) is 4.79 Å². The monoisotopic (exact) mass is 1360 g/mol. The molecule has 2 saturated heterocycles. The summed E-state index contributed by atoms with van der Waals surface area (Å²) in [4.78, 5) is 14.1. The number of aryl methyl sites for hydroxylation is 2. The third kappa shape index (κ3) is 10.9. The Morgan fingerprint density at radius 1 is 0.293 bits per heavy atom. The van der Waals surface area contributed by atoms with E-state index >= 15 is 0 Å². The molecule has 0 bridgehead atoms. The van der Waals surface area contributed by atoms with Crippen molar-refractivity contribution in [1.29, 1.82) is 0 Å². The van der Waals surface area contributed by atoms with Gasteiger partial charge in [-0.15, -0.1) is 0 Å². The van der Waals surface area contributed by atoms with Crippen LogP contribution in [0.15, 0.2) is 229 Å². The molecular weight excluding hydrogens is 1270 g/mol. The SMILES string of the molecule is CC(C)(C)c1ccccc1-c1ccc(B2OC(C)(C)C(C)(C)O2)c2ccccc12.CC(C)(C)c1ccccc1-c1ccc2c3ccc(B4OC(C)(C)C(C)(C)O4)c4cccc(c5cccc1c52)c43.Cc1ccccc1C1=C2C(=C(c3ccccc3C)C1=O)c1ccc(Br)c3cccc2c13. The van der Waals surface area contributed by atoms with Crippen molar-refractivity contribution in [3.63, 3.8) is 0 Å². The highest BCUT2D eigenvalue weighted by molar-refractivity contribution is 9.10. The highest BCUT2D eigenvalue weighted by atomic mass is 79.9. The van der Waals surface area contributed by atoms with Gasteiger partial charge in [0.1, 0.15) is 0 Å². The maximum Gasteiger partial charge on any atom is 0.495 e. The highest BCUT2D eigenvalue weighted by Gasteiger charge is 2.53. The van der Waals surface area contributed by atoms with Gasteiger partial charge in [-0.25, -0.2) is 0 Å². The lowest BCUT2D eigenvalue weighted by molar-refractivity contribution is -0.108. The zero-order valence-electron chi connectivity index (χ0n) is 59.9. The van der Waals surface area contributed by atoms with Crippen LogP contribution in [-0.2, 0) is 34.2 Å². The summed E-state index contributed by atoms with van der Waals surface area (Å²) in [6, 6.07) is 80.3. The molecule has 0 N–H and O–H groups in total. The van der Waals surface area contributed by atoms with Crippen molar-refractivity contribution < 1.29 is 23.4 Å². The van der Waals surface area contributed by atoms with Gasteiger partial charge in [0.2, 0.25) is 0 Å². The van der Waals surface area contributed by atoms with E-state index in [1.54, 1.807) is 0 Å². The van der Waals surface area contributed by atoms with Gasteiger partial charge in [-0.2, -0.15) is 0 Å². The van der Waals surface area contributed by atoms with Crippen molar-refractivity contribution in [1.82, 2.24) is 0 Å². The van der Waals surface area contributed by atoms with Crippen LogP contribution >= 0.6 is 15.9 Å². The van der Waals surface area contributed by atoms with Gasteiger partial charge in [-0.1, -0.05) is 276 Å². The van der Waals surface area contributed by atoms with E-state index in [0.717, 1.165) is 71.1 Å². The predicted octanol–water partition coefficient (Wildman–Crippen LogP) is 22.7. The standard InChI is InChI=1S/C36H35BO2.C29H19BrO.C26H31BO2/c1-34(2,3)30-17-9-8-12-23(30)22-18-19-27-28-20-21-31(37-38-35(4,5)36(6,7)39-37)29-16-11-15-26(33(28)29)25-14-10-13-24(22)32(25)27;1-16-8-3-5-10-18(16)27-25-21-13-7-12-20-23(30)15-14-22(24(20)21)26(25)28(29(27)31)19-11-6-4-9-17(19)2;1-24(2,3)22-15-11-10-13-20(22)19-16-17-23(21-14-9-8-12-18(19)21)27-28-25(4,5)26(6,7)29-27/h8-21H,1-7H3;3-15H,1-2H3;8-17H,1-7H3. The summed E-state index contributed by atoms with van der Waals surface area (Å²) in [5.74, 6) is 0.124. The zero-order chi connectivity index (χ0) is 69.6. The Balaban J connectivity index is 0.000000123. The van der Waals surface area contributed by atoms with E-state index in [1.165, 1.54) is 98.0 Å². The first kappa shape index (κ1) is 66.2. The van der Waals surface area contributed by atoms with Gasteiger partial charge in [0.15, 0.2) is 5.78 Å². The number of benzene rings is 13. The average Bonchev–Trinajstić information content (AvgIpc) is 1.59. The number of ketones is 1. The summed E-state index contributed by atoms with van der Waals surface area (Å²) in [6.07, 6.45) is 0. The van der Waals surface area contributed by atoms with Crippen LogP contribution in [0.1, 0.15) is 141 Å². The molecule has 0 atom stereocenters. The molecule has 5 nitrogen and oxygen atoms in total. The normalized spacial score (nSPS) is 16.8.